The minimum atomic E-state index is -1.95. The fourth-order valence-corrected chi connectivity index (χ4v) is 8.22. The zero-order chi connectivity index (χ0) is 33.1. The highest BCUT2D eigenvalue weighted by Gasteiger charge is 2.47. The Hall–Kier alpha value is -2.39. The van der Waals surface area contributed by atoms with Gasteiger partial charge in [0.15, 0.2) is 8.32 Å². The van der Waals surface area contributed by atoms with Crippen molar-refractivity contribution in [3.05, 3.63) is 58.1 Å². The van der Waals surface area contributed by atoms with Gasteiger partial charge in [0.05, 0.1) is 29.8 Å². The van der Waals surface area contributed by atoms with Crippen LogP contribution in [0.1, 0.15) is 88.8 Å². The summed E-state index contributed by atoms with van der Waals surface area (Å²) in [5.74, 6) is 1.01. The molecule has 2 bridgehead atoms. The van der Waals surface area contributed by atoms with Crippen LogP contribution in [0, 0.1) is 5.92 Å². The van der Waals surface area contributed by atoms with E-state index in [1.165, 1.54) is 0 Å². The zero-order valence-electron chi connectivity index (χ0n) is 28.7. The van der Waals surface area contributed by atoms with Crippen molar-refractivity contribution in [1.82, 2.24) is 4.90 Å². The molecule has 1 amide bonds. The van der Waals surface area contributed by atoms with Crippen LogP contribution in [0.5, 0.6) is 5.75 Å². The third kappa shape index (κ3) is 7.83. The summed E-state index contributed by atoms with van der Waals surface area (Å²) < 4.78 is 18.3. The van der Waals surface area contributed by atoms with Crippen molar-refractivity contribution in [2.24, 2.45) is 5.92 Å². The highest BCUT2D eigenvalue weighted by atomic mass is 35.5. The smallest absolute Gasteiger partial charge is 0.316 e. The zero-order valence-corrected chi connectivity index (χ0v) is 30.4. The van der Waals surface area contributed by atoms with Gasteiger partial charge < -0.3 is 19.2 Å². The molecule has 4 fully saturated rings. The van der Waals surface area contributed by atoms with E-state index in [0.717, 1.165) is 81.3 Å². The van der Waals surface area contributed by atoms with E-state index in [9.17, 15) is 9.59 Å². The maximum atomic E-state index is 13.8. The van der Waals surface area contributed by atoms with Crippen LogP contribution >= 0.6 is 11.6 Å². The molecule has 3 heterocycles. The van der Waals surface area contributed by atoms with Gasteiger partial charge in [-0.1, -0.05) is 69.5 Å². The normalized spacial score (nSPS) is 22.5. The number of carbonyl (C=O) groups is 2. The molecule has 3 aliphatic heterocycles. The number of amides is 1. The van der Waals surface area contributed by atoms with Crippen molar-refractivity contribution in [1.29, 1.82) is 0 Å². The quantitative estimate of drug-likeness (QED) is 0.181. The van der Waals surface area contributed by atoms with E-state index < -0.39 is 13.7 Å². The Morgan fingerprint density at radius 3 is 2.43 bits per heavy atom. The lowest BCUT2D eigenvalue weighted by atomic mass is 9.77. The van der Waals surface area contributed by atoms with Crippen LogP contribution in [-0.4, -0.2) is 57.9 Å². The SMILES string of the molecule is COc1cc(NC(=O)CCCc2cccc(C3(C(=O)O[C@H]4CN5CCC4CC5)CCCC3)c2)c(Cl)cc1CO[Si](C)(C)C(C)(C)C. The number of benzene rings is 2. The van der Waals surface area contributed by atoms with Gasteiger partial charge in [-0.15, -0.1) is 0 Å². The number of halogens is 1. The van der Waals surface area contributed by atoms with Crippen LogP contribution in [0.4, 0.5) is 5.69 Å². The minimum absolute atomic E-state index is 0.0226. The first-order valence-electron chi connectivity index (χ1n) is 17.1. The number of nitrogens with zero attached hydrogens (tertiary/aromatic N) is 1. The van der Waals surface area contributed by atoms with Crippen LogP contribution in [-0.2, 0) is 37.2 Å². The molecule has 1 N–H and O–H groups in total. The van der Waals surface area contributed by atoms with E-state index >= 15 is 0 Å². The standard InChI is InChI=1S/C37H53ClN2O5Si/c1-36(2,3)46(5,6)44-25-28-22-30(38)31(23-32(28)43-4)39-34(41)14-10-12-26-11-9-13-29(21-26)37(17-7-8-18-37)35(42)45-33-24-40-19-15-27(33)16-20-40/h9,11,13,21-23,27,33H,7-8,10,12,14-20,24-25H2,1-6H3,(H,39,41)/t33-/m0/s1. The molecule has 0 spiro atoms. The first kappa shape index (κ1) is 34.9. The lowest BCUT2D eigenvalue weighted by molar-refractivity contribution is -0.165. The summed E-state index contributed by atoms with van der Waals surface area (Å²) in [4.78, 5) is 29.2. The first-order valence-corrected chi connectivity index (χ1v) is 20.4. The molecule has 0 radical (unpaired) electrons. The Kier molecular flexibility index (Phi) is 10.9. The van der Waals surface area contributed by atoms with Crippen LogP contribution in [0.15, 0.2) is 36.4 Å². The van der Waals surface area contributed by atoms with Crippen LogP contribution in [0.3, 0.4) is 0 Å². The van der Waals surface area contributed by atoms with Gasteiger partial charge in [-0.2, -0.15) is 0 Å². The van der Waals surface area contributed by atoms with E-state index in [2.05, 4.69) is 68.3 Å². The highest BCUT2D eigenvalue weighted by molar-refractivity contribution is 6.74. The largest absolute Gasteiger partial charge is 0.496 e. The summed E-state index contributed by atoms with van der Waals surface area (Å²) in [7, 11) is -0.333. The summed E-state index contributed by atoms with van der Waals surface area (Å²) in [6, 6.07) is 12.0. The van der Waals surface area contributed by atoms with Gasteiger partial charge in [-0.25, -0.2) is 0 Å². The van der Waals surface area contributed by atoms with Crippen LogP contribution < -0.4 is 10.1 Å². The van der Waals surface area contributed by atoms with Gasteiger partial charge >= 0.3 is 5.97 Å². The average molecular weight is 669 g/mol. The second kappa shape index (κ2) is 14.4. The fourth-order valence-electron chi connectivity index (χ4n) is 7.04. The molecular weight excluding hydrogens is 616 g/mol. The second-order valence-corrected chi connectivity index (χ2v) is 20.4. The predicted molar refractivity (Wildman–Crippen MR) is 187 cm³/mol. The molecule has 46 heavy (non-hydrogen) atoms. The van der Waals surface area contributed by atoms with Crippen molar-refractivity contribution in [3.8, 4) is 5.75 Å². The van der Waals surface area contributed by atoms with Crippen molar-refractivity contribution in [2.75, 3.05) is 32.1 Å². The second-order valence-electron chi connectivity index (χ2n) is 15.2. The fraction of sp³-hybridized carbons (Fsp3) is 0.622. The summed E-state index contributed by atoms with van der Waals surface area (Å²) >= 11 is 6.62. The molecule has 9 heteroatoms. The van der Waals surface area contributed by atoms with Gasteiger partial charge in [0.2, 0.25) is 5.91 Å². The number of methoxy groups -OCH3 is 1. The maximum absolute atomic E-state index is 13.8. The molecule has 1 aliphatic carbocycles. The van der Waals surface area contributed by atoms with Gasteiger partial charge in [-0.05, 0) is 92.9 Å². The van der Waals surface area contributed by atoms with Gasteiger partial charge in [0, 0.05) is 24.6 Å². The molecule has 6 rings (SSSR count). The minimum Gasteiger partial charge on any atom is -0.496 e. The third-order valence-corrected chi connectivity index (χ3v) is 15.9. The van der Waals surface area contributed by atoms with E-state index in [4.69, 9.17) is 25.5 Å². The van der Waals surface area contributed by atoms with E-state index in [-0.39, 0.29) is 23.0 Å². The number of hydrogen-bond acceptors (Lipinski definition) is 6. The lowest BCUT2D eigenvalue weighted by Gasteiger charge is -2.45. The number of esters is 1. The lowest BCUT2D eigenvalue weighted by Crippen LogP contribution is -2.53. The average Bonchev–Trinajstić information content (AvgIpc) is 3.53. The number of piperidine rings is 3. The summed E-state index contributed by atoms with van der Waals surface area (Å²) in [6.45, 7) is 14.6. The van der Waals surface area contributed by atoms with Gasteiger partial charge in [-0.3, -0.25) is 14.5 Å². The third-order valence-electron chi connectivity index (χ3n) is 11.1. The Labute approximate surface area is 281 Å². The first-order chi connectivity index (χ1) is 21.8. The van der Waals surface area contributed by atoms with Crippen molar-refractivity contribution >= 4 is 37.5 Å². The molecule has 2 aromatic carbocycles. The number of ether oxygens (including phenoxy) is 2. The number of aryl methyl sites for hydroxylation is 1. The molecule has 4 aliphatic rings. The molecular formula is C37H53ClN2O5Si. The molecule has 0 aromatic heterocycles. The van der Waals surface area contributed by atoms with Gasteiger partial charge in [0.1, 0.15) is 11.9 Å². The topological polar surface area (TPSA) is 77.1 Å². The van der Waals surface area contributed by atoms with Gasteiger partial charge in [0.25, 0.3) is 0 Å². The van der Waals surface area contributed by atoms with Crippen LogP contribution in [0.25, 0.3) is 0 Å². The predicted octanol–water partition coefficient (Wildman–Crippen LogP) is 8.28. The molecule has 1 atom stereocenters. The summed E-state index contributed by atoms with van der Waals surface area (Å²) in [5.41, 5.74) is 3.04. The molecule has 7 nitrogen and oxygen atoms in total. The Bertz CT molecular complexity index is 1390. The molecule has 0 unspecified atom stereocenters. The summed E-state index contributed by atoms with van der Waals surface area (Å²) in [5, 5.41) is 3.53. The van der Waals surface area contributed by atoms with Crippen molar-refractivity contribution < 1.29 is 23.5 Å². The Morgan fingerprint density at radius 2 is 1.80 bits per heavy atom. The summed E-state index contributed by atoms with van der Waals surface area (Å²) in [6.07, 6.45) is 7.81. The number of hydrogen-bond donors (Lipinski definition) is 1. The van der Waals surface area contributed by atoms with E-state index in [0.29, 0.717) is 41.8 Å². The number of fused-ring (bicyclic) bond motifs is 3. The number of rotatable bonds is 12. The van der Waals surface area contributed by atoms with E-state index in [1.54, 1.807) is 13.2 Å². The Balaban J connectivity index is 1.17. The van der Waals surface area contributed by atoms with E-state index in [1.807, 2.05) is 6.07 Å². The molecule has 3 saturated heterocycles. The monoisotopic (exact) mass is 668 g/mol. The number of carbonyl (C=O) groups excluding carboxylic acids is 2. The molecule has 2 aromatic rings. The highest BCUT2D eigenvalue weighted by Crippen LogP contribution is 2.44. The van der Waals surface area contributed by atoms with Crippen molar-refractivity contribution in [3.63, 3.8) is 0 Å². The molecule has 1 saturated carbocycles. The number of nitrogens with one attached hydrogen (secondary N) is 1. The Morgan fingerprint density at radius 1 is 1.09 bits per heavy atom. The van der Waals surface area contributed by atoms with Crippen molar-refractivity contribution in [2.45, 2.75) is 115 Å². The number of anilines is 1. The maximum Gasteiger partial charge on any atom is 0.316 e. The van der Waals surface area contributed by atoms with Crippen LogP contribution in [0.2, 0.25) is 23.2 Å². The molecule has 252 valence electrons.